The first-order valence-corrected chi connectivity index (χ1v) is 3.60. The fraction of sp³-hybridized carbons (Fsp3) is 0.600. The van der Waals surface area contributed by atoms with Crippen molar-refractivity contribution in [1.29, 1.82) is 0 Å². The van der Waals surface area contributed by atoms with Crippen LogP contribution in [0.15, 0.2) is 0 Å². The van der Waals surface area contributed by atoms with Crippen molar-refractivity contribution in [1.82, 2.24) is 0 Å². The summed E-state index contributed by atoms with van der Waals surface area (Å²) in [7, 11) is 0. The van der Waals surface area contributed by atoms with Crippen LogP contribution >= 0.6 is 15.9 Å². The summed E-state index contributed by atoms with van der Waals surface area (Å²) in [6, 6.07) is 0. The molecule has 0 aromatic rings. The average molecular weight is 402 g/mol. The van der Waals surface area contributed by atoms with E-state index >= 15 is 0 Å². The Kier molecular flexibility index (Phi) is 10.1. The second-order valence-corrected chi connectivity index (χ2v) is 1.84. The monoisotopic (exact) mass is 402 g/mol. The van der Waals surface area contributed by atoms with Crippen molar-refractivity contribution in [3.05, 3.63) is 0 Å². The summed E-state index contributed by atoms with van der Waals surface area (Å²) < 4.78 is 4.38. The number of carbonyl (C=O) groups is 2. The van der Waals surface area contributed by atoms with E-state index in [0.717, 1.165) is 0 Å². The van der Waals surface area contributed by atoms with Gasteiger partial charge in [-0.2, -0.15) is 0 Å². The molecule has 0 unspecified atom stereocenters. The molecule has 0 aliphatic rings. The summed E-state index contributed by atoms with van der Waals surface area (Å²) in [6.07, 6.45) is 0. The molecule has 0 rings (SSSR count). The number of alkyl halides is 1. The predicted octanol–water partition coefficient (Wildman–Crippen LogP) is 0.133. The summed E-state index contributed by atoms with van der Waals surface area (Å²) >= 11 is 2.83. The Hall–Kier alpha value is 0.542. The van der Waals surface area contributed by atoms with E-state index in [2.05, 4.69) is 20.7 Å². The maximum absolute atomic E-state index is 10.4. The zero-order valence-electron chi connectivity index (χ0n) is 5.52. The quantitative estimate of drug-likeness (QED) is 0.292. The topological polar surface area (TPSA) is 43.4 Å². The molecule has 4 radical (unpaired) electrons. The van der Waals surface area contributed by atoms with Crippen molar-refractivity contribution in [3.63, 3.8) is 0 Å². The van der Waals surface area contributed by atoms with Crippen LogP contribution in [0.1, 0.15) is 6.92 Å². The Bertz CT molecular complexity index is 126. The zero-order chi connectivity index (χ0) is 7.28. The van der Waals surface area contributed by atoms with Crippen LogP contribution in [0.5, 0.6) is 0 Å². The second-order valence-electron chi connectivity index (χ2n) is 1.28. The van der Waals surface area contributed by atoms with Gasteiger partial charge in [-0.25, -0.2) is 4.79 Å². The van der Waals surface area contributed by atoms with E-state index in [9.17, 15) is 9.59 Å². The standard InChI is InChI=1S/C5H7BrO3.Pb/c1-2-9-5(8)4(7)3-6;/h2-3H2,1H3;. The van der Waals surface area contributed by atoms with Gasteiger partial charge < -0.3 is 4.74 Å². The van der Waals surface area contributed by atoms with Crippen molar-refractivity contribution in [2.45, 2.75) is 6.92 Å². The number of Topliss-reactive ketones (excluding diaryl/α,β-unsaturated/α-hetero) is 1. The third-order valence-corrected chi connectivity index (χ3v) is 1.13. The number of ether oxygens (including phenoxy) is 1. The molecule has 0 atom stereocenters. The smallest absolute Gasteiger partial charge is 0.375 e. The molecular weight excluding hydrogens is 395 g/mol. The van der Waals surface area contributed by atoms with Gasteiger partial charge in [-0.1, -0.05) is 15.9 Å². The minimum absolute atomic E-state index is 0. The van der Waals surface area contributed by atoms with Gasteiger partial charge in [0.15, 0.2) is 0 Å². The maximum atomic E-state index is 10.4. The van der Waals surface area contributed by atoms with Crippen LogP contribution in [0.4, 0.5) is 0 Å². The van der Waals surface area contributed by atoms with Crippen molar-refractivity contribution in [3.8, 4) is 0 Å². The molecule has 0 N–H and O–H groups in total. The van der Waals surface area contributed by atoms with Gasteiger partial charge >= 0.3 is 5.97 Å². The molecule has 0 bridgehead atoms. The Morgan fingerprint density at radius 1 is 1.50 bits per heavy atom. The van der Waals surface area contributed by atoms with Gasteiger partial charge in [0.25, 0.3) is 0 Å². The predicted molar refractivity (Wildman–Crippen MR) is 41.2 cm³/mol. The van der Waals surface area contributed by atoms with Crippen molar-refractivity contribution >= 4 is 55.0 Å². The first kappa shape index (κ1) is 13.2. The van der Waals surface area contributed by atoms with E-state index in [1.807, 2.05) is 0 Å². The summed E-state index contributed by atoms with van der Waals surface area (Å²) in [5.74, 6) is -1.31. The van der Waals surface area contributed by atoms with Gasteiger partial charge in [-0.3, -0.25) is 4.79 Å². The molecule has 0 amide bonds. The SMILES string of the molecule is CCOC(=O)C(=O)CBr.[Pb]. The minimum Gasteiger partial charge on any atom is -0.460 e. The van der Waals surface area contributed by atoms with Crippen LogP contribution < -0.4 is 0 Å². The molecule has 0 aliphatic heterocycles. The molecule has 0 spiro atoms. The van der Waals surface area contributed by atoms with E-state index in [-0.39, 0.29) is 39.2 Å². The Labute approximate surface area is 87.8 Å². The van der Waals surface area contributed by atoms with Crippen LogP contribution in [-0.2, 0) is 14.3 Å². The fourth-order valence-corrected chi connectivity index (χ4v) is 0.495. The molecule has 0 fully saturated rings. The van der Waals surface area contributed by atoms with Crippen LogP contribution in [0.3, 0.4) is 0 Å². The first-order valence-electron chi connectivity index (χ1n) is 2.48. The number of hydrogen-bond acceptors (Lipinski definition) is 3. The average Bonchev–Trinajstić information content (AvgIpc) is 1.87. The van der Waals surface area contributed by atoms with Crippen molar-refractivity contribution < 1.29 is 14.3 Å². The van der Waals surface area contributed by atoms with Gasteiger partial charge in [0.1, 0.15) is 0 Å². The summed E-state index contributed by atoms with van der Waals surface area (Å²) in [6.45, 7) is 1.90. The molecule has 56 valence electrons. The summed E-state index contributed by atoms with van der Waals surface area (Å²) in [5, 5.41) is 0.0336. The van der Waals surface area contributed by atoms with Crippen LogP contribution in [-0.4, -0.2) is 51.0 Å². The normalized spacial score (nSPS) is 7.80. The first-order chi connectivity index (χ1) is 4.22. The third kappa shape index (κ3) is 5.34. The Morgan fingerprint density at radius 2 is 2.00 bits per heavy atom. The summed E-state index contributed by atoms with van der Waals surface area (Å²) in [5.41, 5.74) is 0. The van der Waals surface area contributed by atoms with Crippen LogP contribution in [0.25, 0.3) is 0 Å². The number of rotatable bonds is 3. The largest absolute Gasteiger partial charge is 0.460 e. The third-order valence-electron chi connectivity index (χ3n) is 0.624. The van der Waals surface area contributed by atoms with Crippen LogP contribution in [0, 0.1) is 0 Å². The van der Waals surface area contributed by atoms with E-state index in [1.54, 1.807) is 6.92 Å². The fourth-order valence-electron chi connectivity index (χ4n) is 0.266. The molecule has 0 aliphatic carbocycles. The zero-order valence-corrected chi connectivity index (χ0v) is 11.0. The summed E-state index contributed by atoms with van der Waals surface area (Å²) in [4.78, 5) is 20.8. The second kappa shape index (κ2) is 7.65. The van der Waals surface area contributed by atoms with Crippen molar-refractivity contribution in [2.24, 2.45) is 0 Å². The molecule has 0 aromatic carbocycles. The molecule has 0 aromatic heterocycles. The van der Waals surface area contributed by atoms with Crippen LogP contribution in [0.2, 0.25) is 0 Å². The Morgan fingerprint density at radius 3 is 2.30 bits per heavy atom. The van der Waals surface area contributed by atoms with E-state index in [1.165, 1.54) is 0 Å². The number of ketones is 1. The van der Waals surface area contributed by atoms with Gasteiger partial charge in [0.05, 0.1) is 11.9 Å². The Balaban J connectivity index is 0. The van der Waals surface area contributed by atoms with E-state index in [0.29, 0.717) is 0 Å². The van der Waals surface area contributed by atoms with E-state index < -0.39 is 11.8 Å². The number of carbonyl (C=O) groups excluding carboxylic acids is 2. The van der Waals surface area contributed by atoms with E-state index in [4.69, 9.17) is 0 Å². The number of hydrogen-bond donors (Lipinski definition) is 0. The van der Waals surface area contributed by atoms with Gasteiger partial charge in [0.2, 0.25) is 5.78 Å². The molecule has 10 heavy (non-hydrogen) atoms. The maximum Gasteiger partial charge on any atom is 0.375 e. The molecule has 5 heteroatoms. The minimum atomic E-state index is -0.769. The number of halogens is 1. The molecule has 0 saturated heterocycles. The molecular formula is C5H7BrO3Pb. The van der Waals surface area contributed by atoms with Crippen molar-refractivity contribution in [2.75, 3.05) is 11.9 Å². The van der Waals surface area contributed by atoms with Gasteiger partial charge in [-0.05, 0) is 6.92 Å². The molecule has 0 heterocycles. The van der Waals surface area contributed by atoms with Gasteiger partial charge in [-0.15, -0.1) is 0 Å². The number of esters is 1. The molecule has 0 saturated carbocycles. The van der Waals surface area contributed by atoms with Gasteiger partial charge in [0, 0.05) is 27.3 Å². The molecule has 3 nitrogen and oxygen atoms in total.